The van der Waals surface area contributed by atoms with Crippen molar-refractivity contribution >= 4 is 11.9 Å². The summed E-state index contributed by atoms with van der Waals surface area (Å²) in [4.78, 5) is 25.2. The molecule has 0 saturated carbocycles. The minimum Gasteiger partial charge on any atom is -0.462 e. The predicted octanol–water partition coefficient (Wildman–Crippen LogP) is 15.2. The minimum absolute atomic E-state index is 0.0809. The molecule has 0 aliphatic heterocycles. The second-order valence-corrected chi connectivity index (χ2v) is 15.3. The van der Waals surface area contributed by atoms with Gasteiger partial charge < -0.3 is 14.2 Å². The summed E-state index contributed by atoms with van der Waals surface area (Å²) in [7, 11) is 0. The van der Waals surface area contributed by atoms with Crippen LogP contribution in [0.5, 0.6) is 0 Å². The summed E-state index contributed by atoms with van der Waals surface area (Å²) in [6.45, 7) is 7.69. The summed E-state index contributed by atoms with van der Waals surface area (Å²) in [5, 5.41) is 0. The Bertz CT molecular complexity index is 904. The Kier molecular flexibility index (Phi) is 43.5. The Labute approximate surface area is 335 Å². The van der Waals surface area contributed by atoms with Crippen LogP contribution in [-0.4, -0.2) is 37.9 Å². The van der Waals surface area contributed by atoms with E-state index < -0.39 is 6.10 Å². The van der Waals surface area contributed by atoms with Gasteiger partial charge in [-0.05, 0) is 57.8 Å². The monoisotopic (exact) mass is 757 g/mol. The maximum absolute atomic E-state index is 12.7. The van der Waals surface area contributed by atoms with Crippen molar-refractivity contribution in [2.45, 2.75) is 232 Å². The van der Waals surface area contributed by atoms with E-state index in [0.29, 0.717) is 19.4 Å². The van der Waals surface area contributed by atoms with Crippen molar-refractivity contribution in [1.29, 1.82) is 0 Å². The first kappa shape index (κ1) is 51.9. The zero-order valence-electron chi connectivity index (χ0n) is 36.0. The van der Waals surface area contributed by atoms with Crippen molar-refractivity contribution in [3.63, 3.8) is 0 Å². The summed E-state index contributed by atoms with van der Waals surface area (Å²) in [6.07, 6.45) is 53.9. The van der Waals surface area contributed by atoms with Crippen LogP contribution in [0, 0.1) is 0 Å². The topological polar surface area (TPSA) is 61.8 Å². The van der Waals surface area contributed by atoms with E-state index in [0.717, 1.165) is 77.0 Å². The highest BCUT2D eigenvalue weighted by Gasteiger charge is 2.17. The van der Waals surface area contributed by atoms with Crippen LogP contribution in [-0.2, 0) is 23.8 Å². The van der Waals surface area contributed by atoms with Crippen LogP contribution >= 0.6 is 0 Å². The molecule has 0 aromatic heterocycles. The lowest BCUT2D eigenvalue weighted by Crippen LogP contribution is -2.30. The molecule has 0 radical (unpaired) electrons. The van der Waals surface area contributed by atoms with Crippen LogP contribution in [0.4, 0.5) is 0 Å². The van der Waals surface area contributed by atoms with Crippen LogP contribution in [0.2, 0.25) is 0 Å². The number of carbonyl (C=O) groups excluding carboxylic acids is 2. The molecule has 0 heterocycles. The van der Waals surface area contributed by atoms with Crippen LogP contribution in [0.1, 0.15) is 226 Å². The van der Waals surface area contributed by atoms with Crippen molar-refractivity contribution in [2.24, 2.45) is 0 Å². The fraction of sp³-hybridized carbons (Fsp3) is 0.796. The van der Waals surface area contributed by atoms with Crippen LogP contribution < -0.4 is 0 Å². The third kappa shape index (κ3) is 42.6. The smallest absolute Gasteiger partial charge is 0.306 e. The summed E-state index contributed by atoms with van der Waals surface area (Å²) in [6, 6.07) is 0. The Morgan fingerprint density at radius 2 is 0.833 bits per heavy atom. The van der Waals surface area contributed by atoms with Crippen molar-refractivity contribution in [3.8, 4) is 0 Å². The number of rotatable bonds is 42. The van der Waals surface area contributed by atoms with E-state index in [1.165, 1.54) is 116 Å². The van der Waals surface area contributed by atoms with Gasteiger partial charge in [-0.2, -0.15) is 0 Å². The molecular weight excluding hydrogens is 669 g/mol. The first-order chi connectivity index (χ1) is 26.6. The Balaban J connectivity index is 4.16. The molecule has 0 saturated heterocycles. The number of carbonyl (C=O) groups is 2. The number of allylic oxidation sites excluding steroid dienone is 8. The van der Waals surface area contributed by atoms with Gasteiger partial charge in [-0.15, -0.1) is 0 Å². The summed E-state index contributed by atoms with van der Waals surface area (Å²) < 4.78 is 17.3. The predicted molar refractivity (Wildman–Crippen MR) is 233 cm³/mol. The standard InChI is InChI=1S/C49H88O5/c1-4-7-10-13-16-19-21-22-23-24-25-26-27-28-30-31-33-36-39-42-48(50)53-46-47(45-52-44-41-38-35-18-15-12-9-6-3)54-49(51)43-40-37-34-32-29-20-17-14-11-8-5-2/h7,10,16,19,22-23,25-26,47H,4-6,8-9,11-15,17-18,20-21,24,27-46H2,1-3H3/b10-7-,19-16-,23-22-,26-25-. The number of ether oxygens (including phenoxy) is 3. The van der Waals surface area contributed by atoms with Gasteiger partial charge in [0.05, 0.1) is 6.61 Å². The molecule has 314 valence electrons. The maximum atomic E-state index is 12.7. The average molecular weight is 757 g/mol. The van der Waals surface area contributed by atoms with Crippen molar-refractivity contribution < 1.29 is 23.8 Å². The van der Waals surface area contributed by atoms with Gasteiger partial charge in [-0.25, -0.2) is 0 Å². The highest BCUT2D eigenvalue weighted by molar-refractivity contribution is 5.70. The van der Waals surface area contributed by atoms with Crippen LogP contribution in [0.25, 0.3) is 0 Å². The molecule has 0 aliphatic rings. The fourth-order valence-electron chi connectivity index (χ4n) is 6.44. The Morgan fingerprint density at radius 3 is 1.33 bits per heavy atom. The fourth-order valence-corrected chi connectivity index (χ4v) is 6.44. The molecule has 0 aromatic rings. The molecule has 0 spiro atoms. The SMILES string of the molecule is CC/C=C\C/C=C\C/C=C\C/C=C\CCCCCCCCC(=O)OCC(COCCCCCCCCCC)OC(=O)CCCCCCCCCCCCC. The van der Waals surface area contributed by atoms with E-state index in [2.05, 4.69) is 69.4 Å². The molecule has 1 unspecified atom stereocenters. The molecule has 0 N–H and O–H groups in total. The molecule has 0 fully saturated rings. The van der Waals surface area contributed by atoms with E-state index in [1.54, 1.807) is 0 Å². The Hall–Kier alpha value is -2.14. The van der Waals surface area contributed by atoms with E-state index in [-0.39, 0.29) is 25.2 Å². The number of unbranched alkanes of at least 4 members (excludes halogenated alkanes) is 23. The normalized spacial score (nSPS) is 12.6. The van der Waals surface area contributed by atoms with Crippen molar-refractivity contribution in [1.82, 2.24) is 0 Å². The van der Waals surface area contributed by atoms with E-state index >= 15 is 0 Å². The van der Waals surface area contributed by atoms with Crippen molar-refractivity contribution in [2.75, 3.05) is 19.8 Å². The van der Waals surface area contributed by atoms with Crippen molar-refractivity contribution in [3.05, 3.63) is 48.6 Å². The van der Waals surface area contributed by atoms with Gasteiger partial charge in [-0.3, -0.25) is 9.59 Å². The van der Waals surface area contributed by atoms with E-state index in [4.69, 9.17) is 14.2 Å². The minimum atomic E-state index is -0.534. The first-order valence-corrected chi connectivity index (χ1v) is 23.2. The van der Waals surface area contributed by atoms with Crippen LogP contribution in [0.3, 0.4) is 0 Å². The summed E-state index contributed by atoms with van der Waals surface area (Å²) in [5.41, 5.74) is 0. The molecular formula is C49H88O5. The first-order valence-electron chi connectivity index (χ1n) is 23.2. The second kappa shape index (κ2) is 45.3. The molecule has 0 aliphatic carbocycles. The molecule has 0 rings (SSSR count). The van der Waals surface area contributed by atoms with E-state index in [1.807, 2.05) is 0 Å². The lowest BCUT2D eigenvalue weighted by Gasteiger charge is -2.18. The number of hydrogen-bond donors (Lipinski definition) is 0. The average Bonchev–Trinajstić information content (AvgIpc) is 3.17. The molecule has 5 nitrogen and oxygen atoms in total. The molecule has 0 aromatic carbocycles. The number of hydrogen-bond acceptors (Lipinski definition) is 5. The molecule has 0 amide bonds. The zero-order chi connectivity index (χ0) is 39.3. The number of esters is 2. The highest BCUT2D eigenvalue weighted by atomic mass is 16.6. The van der Waals surface area contributed by atoms with Gasteiger partial charge >= 0.3 is 11.9 Å². The lowest BCUT2D eigenvalue weighted by molar-refractivity contribution is -0.163. The van der Waals surface area contributed by atoms with Gasteiger partial charge in [0.1, 0.15) is 6.61 Å². The third-order valence-corrected chi connectivity index (χ3v) is 9.88. The molecule has 54 heavy (non-hydrogen) atoms. The van der Waals surface area contributed by atoms with Gasteiger partial charge in [0.2, 0.25) is 0 Å². The van der Waals surface area contributed by atoms with E-state index in [9.17, 15) is 9.59 Å². The van der Waals surface area contributed by atoms with Gasteiger partial charge in [0.25, 0.3) is 0 Å². The van der Waals surface area contributed by atoms with Gasteiger partial charge in [0.15, 0.2) is 6.10 Å². The third-order valence-electron chi connectivity index (χ3n) is 9.88. The van der Waals surface area contributed by atoms with Gasteiger partial charge in [0, 0.05) is 19.4 Å². The largest absolute Gasteiger partial charge is 0.462 e. The summed E-state index contributed by atoms with van der Waals surface area (Å²) >= 11 is 0. The lowest BCUT2D eigenvalue weighted by atomic mass is 10.1. The maximum Gasteiger partial charge on any atom is 0.306 e. The zero-order valence-corrected chi connectivity index (χ0v) is 36.0. The highest BCUT2D eigenvalue weighted by Crippen LogP contribution is 2.14. The molecule has 0 bridgehead atoms. The summed E-state index contributed by atoms with van der Waals surface area (Å²) in [5.74, 6) is -0.409. The Morgan fingerprint density at radius 1 is 0.426 bits per heavy atom. The van der Waals surface area contributed by atoms with Gasteiger partial charge in [-0.1, -0.05) is 204 Å². The second-order valence-electron chi connectivity index (χ2n) is 15.3. The quantitative estimate of drug-likeness (QED) is 0.0353. The molecule has 1 atom stereocenters. The molecule has 5 heteroatoms. The van der Waals surface area contributed by atoms with Crippen LogP contribution in [0.15, 0.2) is 48.6 Å².